The molecular weight excluding hydrogens is 323 g/mol. The Labute approximate surface area is 138 Å². The zero-order valence-electron chi connectivity index (χ0n) is 13.4. The highest BCUT2D eigenvalue weighted by molar-refractivity contribution is 5.74. The molecule has 134 valence electrons. The van der Waals surface area contributed by atoms with E-state index in [0.29, 0.717) is 25.9 Å². The molecular formula is C16H22F3N3O2. The Morgan fingerprint density at radius 1 is 1.42 bits per heavy atom. The molecule has 1 aromatic rings. The van der Waals surface area contributed by atoms with Crippen LogP contribution in [0.15, 0.2) is 24.3 Å². The molecule has 1 aliphatic heterocycles. The Balaban J connectivity index is 1.98. The number of aliphatic hydroxyl groups excluding tert-OH is 1. The van der Waals surface area contributed by atoms with E-state index in [1.54, 1.807) is 11.0 Å². The van der Waals surface area contributed by atoms with Crippen LogP contribution in [-0.2, 0) is 6.18 Å². The number of amides is 2. The fourth-order valence-corrected chi connectivity index (χ4v) is 2.78. The quantitative estimate of drug-likeness (QED) is 0.768. The van der Waals surface area contributed by atoms with E-state index in [2.05, 4.69) is 10.6 Å². The van der Waals surface area contributed by atoms with Crippen molar-refractivity contribution in [2.45, 2.75) is 38.0 Å². The summed E-state index contributed by atoms with van der Waals surface area (Å²) in [6, 6.07) is 4.49. The zero-order valence-corrected chi connectivity index (χ0v) is 13.4. The molecule has 0 radical (unpaired) electrons. The molecule has 0 aromatic heterocycles. The molecule has 1 heterocycles. The van der Waals surface area contributed by atoms with Crippen LogP contribution in [0.4, 0.5) is 23.7 Å². The van der Waals surface area contributed by atoms with Gasteiger partial charge in [0.2, 0.25) is 0 Å². The fraction of sp³-hybridized carbons (Fsp3) is 0.562. The number of hydrogen-bond acceptors (Lipinski definition) is 3. The summed E-state index contributed by atoms with van der Waals surface area (Å²) >= 11 is 0. The molecule has 0 bridgehead atoms. The average molecular weight is 345 g/mol. The summed E-state index contributed by atoms with van der Waals surface area (Å²) in [5, 5.41) is 14.5. The molecule has 1 unspecified atom stereocenters. The first-order chi connectivity index (χ1) is 11.3. The van der Waals surface area contributed by atoms with E-state index >= 15 is 0 Å². The Bertz CT molecular complexity index is 562. The maximum Gasteiger partial charge on any atom is 0.418 e. The summed E-state index contributed by atoms with van der Waals surface area (Å²) in [6.07, 6.45) is -3.25. The third kappa shape index (κ3) is 4.53. The lowest BCUT2D eigenvalue weighted by Gasteiger charge is -2.23. The minimum Gasteiger partial charge on any atom is -0.394 e. The lowest BCUT2D eigenvalue weighted by Crippen LogP contribution is -2.48. The van der Waals surface area contributed by atoms with Crippen LogP contribution in [0.25, 0.3) is 0 Å². The first-order valence-corrected chi connectivity index (χ1v) is 7.94. The molecule has 2 atom stereocenters. The van der Waals surface area contributed by atoms with Crippen LogP contribution in [0.5, 0.6) is 0 Å². The van der Waals surface area contributed by atoms with Gasteiger partial charge < -0.3 is 20.6 Å². The van der Waals surface area contributed by atoms with Gasteiger partial charge in [0.25, 0.3) is 0 Å². The molecule has 3 N–H and O–H groups in total. The summed E-state index contributed by atoms with van der Waals surface area (Å²) in [5.41, 5.74) is -0.530. The number of carbonyl (C=O) groups excluding carboxylic acids is 1. The van der Waals surface area contributed by atoms with Crippen LogP contribution >= 0.6 is 0 Å². The van der Waals surface area contributed by atoms with E-state index in [0.717, 1.165) is 6.07 Å². The number of benzene rings is 1. The van der Waals surface area contributed by atoms with Gasteiger partial charge in [-0.3, -0.25) is 0 Å². The van der Waals surface area contributed by atoms with Gasteiger partial charge in [-0.05, 0) is 25.0 Å². The number of alkyl halides is 3. The van der Waals surface area contributed by atoms with Gasteiger partial charge in [0.1, 0.15) is 0 Å². The highest BCUT2D eigenvalue weighted by Gasteiger charge is 2.36. The number of aliphatic hydroxyl groups is 1. The molecule has 24 heavy (non-hydrogen) atoms. The van der Waals surface area contributed by atoms with E-state index in [9.17, 15) is 18.0 Å². The van der Waals surface area contributed by atoms with Crippen LogP contribution in [0.2, 0.25) is 0 Å². The van der Waals surface area contributed by atoms with Crippen molar-refractivity contribution in [3.8, 4) is 0 Å². The van der Waals surface area contributed by atoms with Gasteiger partial charge in [-0.1, -0.05) is 19.1 Å². The molecule has 1 aromatic carbocycles. The van der Waals surface area contributed by atoms with Crippen molar-refractivity contribution >= 4 is 11.7 Å². The lowest BCUT2D eigenvalue weighted by atomic mass is 10.1. The van der Waals surface area contributed by atoms with Crippen LogP contribution in [-0.4, -0.2) is 42.9 Å². The molecule has 2 rings (SSSR count). The van der Waals surface area contributed by atoms with Gasteiger partial charge in [0, 0.05) is 24.8 Å². The molecule has 0 aliphatic carbocycles. The summed E-state index contributed by atoms with van der Waals surface area (Å²) in [6.45, 7) is 2.44. The van der Waals surface area contributed by atoms with Crippen molar-refractivity contribution < 1.29 is 23.1 Å². The second-order valence-electron chi connectivity index (χ2n) is 5.85. The topological polar surface area (TPSA) is 64.6 Å². The van der Waals surface area contributed by atoms with E-state index < -0.39 is 17.8 Å². The highest BCUT2D eigenvalue weighted by Crippen LogP contribution is 2.37. The maximum absolute atomic E-state index is 13.1. The van der Waals surface area contributed by atoms with E-state index in [1.165, 1.54) is 12.1 Å². The third-order valence-corrected chi connectivity index (χ3v) is 4.12. The number of hydrogen-bond donors (Lipinski definition) is 3. The SMILES string of the molecule is CC[C@@H](CO)NC(=O)NC1CCN(c2ccccc2C(F)(F)F)C1. The van der Waals surface area contributed by atoms with Crippen LogP contribution in [0.3, 0.4) is 0 Å². The average Bonchev–Trinajstić information content (AvgIpc) is 3.00. The van der Waals surface area contributed by atoms with Gasteiger partial charge in [-0.15, -0.1) is 0 Å². The molecule has 0 spiro atoms. The number of nitrogens with zero attached hydrogens (tertiary/aromatic N) is 1. The first-order valence-electron chi connectivity index (χ1n) is 7.94. The number of para-hydroxylation sites is 1. The summed E-state index contributed by atoms with van der Waals surface area (Å²) in [5.74, 6) is 0. The number of carbonyl (C=O) groups is 1. The van der Waals surface area contributed by atoms with E-state index in [1.807, 2.05) is 6.92 Å². The van der Waals surface area contributed by atoms with Crippen molar-refractivity contribution in [1.29, 1.82) is 0 Å². The van der Waals surface area contributed by atoms with Gasteiger partial charge >= 0.3 is 12.2 Å². The molecule has 8 heteroatoms. The van der Waals surface area contributed by atoms with Crippen molar-refractivity contribution in [2.24, 2.45) is 0 Å². The Kier molecular flexibility index (Phi) is 5.93. The third-order valence-electron chi connectivity index (χ3n) is 4.12. The zero-order chi connectivity index (χ0) is 17.7. The fourth-order valence-electron chi connectivity index (χ4n) is 2.78. The first kappa shape index (κ1) is 18.4. The number of rotatable bonds is 5. The van der Waals surface area contributed by atoms with Gasteiger partial charge in [-0.2, -0.15) is 13.2 Å². The Morgan fingerprint density at radius 2 is 2.12 bits per heavy atom. The second-order valence-corrected chi connectivity index (χ2v) is 5.85. The molecule has 1 saturated heterocycles. The van der Waals surface area contributed by atoms with E-state index in [-0.39, 0.29) is 24.4 Å². The second kappa shape index (κ2) is 7.74. The van der Waals surface area contributed by atoms with Crippen molar-refractivity contribution in [3.63, 3.8) is 0 Å². The minimum atomic E-state index is -4.41. The summed E-state index contributed by atoms with van der Waals surface area (Å²) in [4.78, 5) is 13.5. The van der Waals surface area contributed by atoms with Gasteiger partial charge in [0.05, 0.1) is 18.2 Å². The molecule has 0 saturated carbocycles. The normalized spacial score (nSPS) is 19.2. The number of anilines is 1. The predicted molar refractivity (Wildman–Crippen MR) is 84.9 cm³/mol. The van der Waals surface area contributed by atoms with Gasteiger partial charge in [0.15, 0.2) is 0 Å². The van der Waals surface area contributed by atoms with Crippen LogP contribution in [0, 0.1) is 0 Å². The molecule has 1 fully saturated rings. The lowest BCUT2D eigenvalue weighted by molar-refractivity contribution is -0.137. The summed E-state index contributed by atoms with van der Waals surface area (Å²) in [7, 11) is 0. The van der Waals surface area contributed by atoms with E-state index in [4.69, 9.17) is 5.11 Å². The Hall–Kier alpha value is -1.96. The predicted octanol–water partition coefficient (Wildman–Crippen LogP) is 2.35. The smallest absolute Gasteiger partial charge is 0.394 e. The van der Waals surface area contributed by atoms with Crippen molar-refractivity contribution in [2.75, 3.05) is 24.6 Å². The summed E-state index contributed by atoms with van der Waals surface area (Å²) < 4.78 is 39.3. The standard InChI is InChI=1S/C16H22F3N3O2/c1-2-11(10-23)20-15(24)21-12-7-8-22(9-12)14-6-4-3-5-13(14)16(17,18)19/h3-6,11-12,23H,2,7-10H2,1H3,(H2,20,21,24)/t11-,12?/m0/s1. The van der Waals surface area contributed by atoms with Gasteiger partial charge in [-0.25, -0.2) is 4.79 Å². The number of urea groups is 1. The monoisotopic (exact) mass is 345 g/mol. The number of halogens is 3. The maximum atomic E-state index is 13.1. The van der Waals surface area contributed by atoms with Crippen LogP contribution in [0.1, 0.15) is 25.3 Å². The highest BCUT2D eigenvalue weighted by atomic mass is 19.4. The van der Waals surface area contributed by atoms with Crippen LogP contribution < -0.4 is 15.5 Å². The van der Waals surface area contributed by atoms with Crippen molar-refractivity contribution in [3.05, 3.63) is 29.8 Å². The largest absolute Gasteiger partial charge is 0.418 e. The molecule has 2 amide bonds. The Morgan fingerprint density at radius 3 is 2.75 bits per heavy atom. The number of nitrogens with one attached hydrogen (secondary N) is 2. The van der Waals surface area contributed by atoms with Crippen molar-refractivity contribution in [1.82, 2.24) is 10.6 Å². The minimum absolute atomic E-state index is 0.136. The molecule has 5 nitrogen and oxygen atoms in total. The molecule has 1 aliphatic rings.